The second kappa shape index (κ2) is 8.24. The van der Waals surface area contributed by atoms with Crippen LogP contribution in [-0.4, -0.2) is 22.4 Å². The average Bonchev–Trinajstić information content (AvgIpc) is 3.20. The van der Waals surface area contributed by atoms with Crippen LogP contribution in [0.1, 0.15) is 46.8 Å². The van der Waals surface area contributed by atoms with Gasteiger partial charge in [-0.1, -0.05) is 37.3 Å². The second-order valence-electron chi connectivity index (χ2n) is 5.76. The van der Waals surface area contributed by atoms with Gasteiger partial charge in [0.05, 0.1) is 11.8 Å². The van der Waals surface area contributed by atoms with Crippen LogP contribution < -0.4 is 5.32 Å². The largest absolute Gasteiger partial charge is 0.469 e. The monoisotopic (exact) mass is 335 g/mol. The predicted molar refractivity (Wildman–Crippen MR) is 95.4 cm³/mol. The predicted octanol–water partition coefficient (Wildman–Crippen LogP) is 3.58. The number of hydrogen-bond acceptors (Lipinski definition) is 4. The van der Waals surface area contributed by atoms with Crippen molar-refractivity contribution >= 4 is 5.91 Å². The van der Waals surface area contributed by atoms with Crippen LogP contribution in [0, 0.1) is 0 Å². The van der Waals surface area contributed by atoms with Crippen molar-refractivity contribution in [3.05, 3.63) is 83.8 Å². The summed E-state index contributed by atoms with van der Waals surface area (Å²) in [5.41, 5.74) is 1.65. The lowest BCUT2D eigenvalue weighted by molar-refractivity contribution is 0.0951. The Kier molecular flexibility index (Phi) is 5.57. The number of benzene rings is 1. The van der Waals surface area contributed by atoms with Crippen LogP contribution in [0.4, 0.5) is 0 Å². The van der Waals surface area contributed by atoms with E-state index < -0.39 is 0 Å². The fourth-order valence-corrected chi connectivity index (χ4v) is 2.73. The molecule has 2 heterocycles. The molecule has 0 radical (unpaired) electrons. The number of hydrogen-bond donors (Lipinski definition) is 1. The van der Waals surface area contributed by atoms with Crippen LogP contribution in [0.5, 0.6) is 0 Å². The fraction of sp³-hybridized carbons (Fsp3) is 0.250. The molecule has 3 rings (SSSR count). The minimum absolute atomic E-state index is 0.107. The number of nitrogens with zero attached hydrogens (tertiary/aromatic N) is 2. The molecular formula is C20H21N3O2. The van der Waals surface area contributed by atoms with Gasteiger partial charge in [-0.05, 0) is 24.1 Å². The lowest BCUT2D eigenvalue weighted by Gasteiger charge is -2.15. The molecule has 0 bridgehead atoms. The highest BCUT2D eigenvalue weighted by Gasteiger charge is 2.17. The van der Waals surface area contributed by atoms with E-state index in [9.17, 15) is 4.79 Å². The standard InChI is InChI=1S/C20H21N3O2/c1-2-19-22-13-16(14-23-19)20(24)21-11-10-17(18-9-6-12-25-18)15-7-4-3-5-8-15/h3-9,12-14,17H,2,10-11H2,1H3,(H,21,24)/t17-/m0/s1. The van der Waals surface area contributed by atoms with Gasteiger partial charge in [-0.25, -0.2) is 9.97 Å². The van der Waals surface area contributed by atoms with Crippen molar-refractivity contribution < 1.29 is 9.21 Å². The first-order valence-electron chi connectivity index (χ1n) is 8.45. The van der Waals surface area contributed by atoms with Gasteiger partial charge in [0.15, 0.2) is 0 Å². The number of aryl methyl sites for hydroxylation is 1. The van der Waals surface area contributed by atoms with Crippen LogP contribution in [0.25, 0.3) is 0 Å². The second-order valence-corrected chi connectivity index (χ2v) is 5.76. The van der Waals surface area contributed by atoms with Gasteiger partial charge >= 0.3 is 0 Å². The maximum atomic E-state index is 12.2. The van der Waals surface area contributed by atoms with Gasteiger partial charge in [0.2, 0.25) is 0 Å². The van der Waals surface area contributed by atoms with E-state index in [1.807, 2.05) is 37.3 Å². The van der Waals surface area contributed by atoms with Gasteiger partial charge < -0.3 is 9.73 Å². The first-order chi connectivity index (χ1) is 12.3. The molecule has 1 atom stereocenters. The van der Waals surface area contributed by atoms with E-state index in [0.717, 1.165) is 24.4 Å². The first-order valence-corrected chi connectivity index (χ1v) is 8.45. The summed E-state index contributed by atoms with van der Waals surface area (Å²) in [5.74, 6) is 1.58. The number of amides is 1. The molecule has 1 aromatic carbocycles. The van der Waals surface area contributed by atoms with Gasteiger partial charge in [0.1, 0.15) is 11.6 Å². The third-order valence-corrected chi connectivity index (χ3v) is 4.09. The van der Waals surface area contributed by atoms with E-state index in [-0.39, 0.29) is 11.8 Å². The molecule has 0 saturated heterocycles. The summed E-state index contributed by atoms with van der Waals surface area (Å²) in [7, 11) is 0. The lowest BCUT2D eigenvalue weighted by atomic mass is 9.93. The molecule has 0 aliphatic carbocycles. The molecule has 0 unspecified atom stereocenters. The molecule has 0 aliphatic rings. The first kappa shape index (κ1) is 16.9. The van der Waals surface area contributed by atoms with Crippen molar-refractivity contribution in [2.45, 2.75) is 25.7 Å². The Morgan fingerprint density at radius 2 is 1.88 bits per heavy atom. The third kappa shape index (κ3) is 4.32. The van der Waals surface area contributed by atoms with Crippen LogP contribution >= 0.6 is 0 Å². The molecule has 0 fully saturated rings. The zero-order valence-corrected chi connectivity index (χ0v) is 14.2. The summed E-state index contributed by atoms with van der Waals surface area (Å²) in [5, 5.41) is 2.94. The molecule has 5 nitrogen and oxygen atoms in total. The molecule has 1 N–H and O–H groups in total. The van der Waals surface area contributed by atoms with Crippen molar-refractivity contribution in [2.24, 2.45) is 0 Å². The zero-order chi connectivity index (χ0) is 17.5. The van der Waals surface area contributed by atoms with Crippen LogP contribution in [-0.2, 0) is 6.42 Å². The number of nitrogens with one attached hydrogen (secondary N) is 1. The van der Waals surface area contributed by atoms with Crippen molar-refractivity contribution in [1.29, 1.82) is 0 Å². The van der Waals surface area contributed by atoms with Crippen molar-refractivity contribution in [3.63, 3.8) is 0 Å². The summed E-state index contributed by atoms with van der Waals surface area (Å²) in [4.78, 5) is 20.6. The summed E-state index contributed by atoms with van der Waals surface area (Å²) in [6.07, 6.45) is 6.32. The number of rotatable bonds is 7. The number of carbonyl (C=O) groups excluding carboxylic acids is 1. The third-order valence-electron chi connectivity index (χ3n) is 4.09. The molecule has 2 aromatic heterocycles. The maximum absolute atomic E-state index is 12.2. The fourth-order valence-electron chi connectivity index (χ4n) is 2.73. The zero-order valence-electron chi connectivity index (χ0n) is 14.2. The smallest absolute Gasteiger partial charge is 0.254 e. The Labute approximate surface area is 147 Å². The van der Waals surface area contributed by atoms with Crippen molar-refractivity contribution in [3.8, 4) is 0 Å². The van der Waals surface area contributed by atoms with E-state index >= 15 is 0 Å². The van der Waals surface area contributed by atoms with Crippen LogP contribution in [0.3, 0.4) is 0 Å². The van der Waals surface area contributed by atoms with E-state index in [1.165, 1.54) is 5.56 Å². The normalized spacial score (nSPS) is 11.9. The Balaban J connectivity index is 1.62. The van der Waals surface area contributed by atoms with Gasteiger partial charge in [-0.3, -0.25) is 4.79 Å². The van der Waals surface area contributed by atoms with Gasteiger partial charge in [0, 0.05) is 31.3 Å². The van der Waals surface area contributed by atoms with E-state index in [1.54, 1.807) is 18.7 Å². The SMILES string of the molecule is CCc1ncc(C(=O)NCC[C@@H](c2ccccc2)c2ccco2)cn1. The molecule has 1 amide bonds. The molecular weight excluding hydrogens is 314 g/mol. The number of aromatic nitrogens is 2. The number of carbonyl (C=O) groups is 1. The number of furan rings is 1. The molecule has 0 aliphatic heterocycles. The van der Waals surface area contributed by atoms with Crippen LogP contribution in [0.15, 0.2) is 65.5 Å². The van der Waals surface area contributed by atoms with Crippen molar-refractivity contribution in [1.82, 2.24) is 15.3 Å². The molecule has 0 saturated carbocycles. The Bertz CT molecular complexity index is 784. The van der Waals surface area contributed by atoms with Gasteiger partial charge in [0.25, 0.3) is 5.91 Å². The molecule has 5 heteroatoms. The summed E-state index contributed by atoms with van der Waals surface area (Å²) < 4.78 is 5.59. The minimum atomic E-state index is -0.158. The van der Waals surface area contributed by atoms with E-state index in [2.05, 4.69) is 27.4 Å². The average molecular weight is 335 g/mol. The summed E-state index contributed by atoms with van der Waals surface area (Å²) in [6, 6.07) is 14.0. The highest BCUT2D eigenvalue weighted by Crippen LogP contribution is 2.27. The lowest BCUT2D eigenvalue weighted by Crippen LogP contribution is -2.26. The van der Waals surface area contributed by atoms with Crippen molar-refractivity contribution in [2.75, 3.05) is 6.54 Å². The summed E-state index contributed by atoms with van der Waals surface area (Å²) in [6.45, 7) is 2.52. The van der Waals surface area contributed by atoms with Gasteiger partial charge in [-0.2, -0.15) is 0 Å². The quantitative estimate of drug-likeness (QED) is 0.716. The Morgan fingerprint density at radius 1 is 1.12 bits per heavy atom. The van der Waals surface area contributed by atoms with Gasteiger partial charge in [-0.15, -0.1) is 0 Å². The van der Waals surface area contributed by atoms with E-state index in [4.69, 9.17) is 4.42 Å². The maximum Gasteiger partial charge on any atom is 0.254 e. The highest BCUT2D eigenvalue weighted by molar-refractivity contribution is 5.93. The molecule has 3 aromatic rings. The Morgan fingerprint density at radius 3 is 2.52 bits per heavy atom. The van der Waals surface area contributed by atoms with E-state index in [0.29, 0.717) is 12.1 Å². The van der Waals surface area contributed by atoms with Crippen LogP contribution in [0.2, 0.25) is 0 Å². The molecule has 25 heavy (non-hydrogen) atoms. The highest BCUT2D eigenvalue weighted by atomic mass is 16.3. The molecule has 0 spiro atoms. The topological polar surface area (TPSA) is 68.0 Å². The minimum Gasteiger partial charge on any atom is -0.469 e. The molecule has 128 valence electrons. The Hall–Kier alpha value is -2.95. The summed E-state index contributed by atoms with van der Waals surface area (Å²) >= 11 is 0.